The van der Waals surface area contributed by atoms with Crippen LogP contribution in [0.4, 0.5) is 0 Å². The maximum Gasteiger partial charge on any atom is 0.254 e. The molecule has 0 spiro atoms. The minimum Gasteiger partial charge on any atom is -0.493 e. The summed E-state index contributed by atoms with van der Waals surface area (Å²) in [5, 5.41) is 0. The zero-order valence-corrected chi connectivity index (χ0v) is 11.2. The van der Waals surface area contributed by atoms with E-state index in [-0.39, 0.29) is 23.8 Å². The molecule has 1 aromatic carbocycles. The number of ether oxygens (including phenoxy) is 1. The van der Waals surface area contributed by atoms with E-state index >= 15 is 0 Å². The van der Waals surface area contributed by atoms with Crippen LogP contribution in [0.2, 0.25) is 0 Å². The van der Waals surface area contributed by atoms with Crippen molar-refractivity contribution in [2.45, 2.75) is 32.2 Å². The van der Waals surface area contributed by atoms with Crippen molar-refractivity contribution in [3.8, 4) is 5.75 Å². The van der Waals surface area contributed by atoms with Gasteiger partial charge in [0.2, 0.25) is 0 Å². The van der Waals surface area contributed by atoms with Crippen LogP contribution in [0.1, 0.15) is 36.2 Å². The van der Waals surface area contributed by atoms with Crippen LogP contribution in [0.15, 0.2) is 18.2 Å². The number of likely N-dealkylation sites (tertiary alicyclic amines) is 1. The Balaban J connectivity index is 1.90. The normalized spacial score (nSPS) is 20.3. The van der Waals surface area contributed by atoms with Crippen molar-refractivity contribution in [3.05, 3.63) is 29.3 Å². The summed E-state index contributed by atoms with van der Waals surface area (Å²) >= 11 is 0. The molecule has 1 amide bonds. The van der Waals surface area contributed by atoms with Gasteiger partial charge in [0, 0.05) is 23.9 Å². The standard InChI is InChI=1S/C15H17NO3/c1-15(2)8-12(17)9-16(15)14(18)11-3-4-13-10(7-11)5-6-19-13/h3-4,7H,5-6,8-9H2,1-2H3. The Kier molecular flexibility index (Phi) is 2.62. The van der Waals surface area contributed by atoms with E-state index in [9.17, 15) is 9.59 Å². The Morgan fingerprint density at radius 1 is 1.37 bits per heavy atom. The highest BCUT2D eigenvalue weighted by Gasteiger charge is 2.40. The number of hydrogen-bond donors (Lipinski definition) is 0. The average Bonchev–Trinajstić information content (AvgIpc) is 2.90. The molecular formula is C15H17NO3. The predicted molar refractivity (Wildman–Crippen MR) is 70.4 cm³/mol. The van der Waals surface area contributed by atoms with Gasteiger partial charge in [-0.25, -0.2) is 0 Å². The molecule has 1 fully saturated rings. The van der Waals surface area contributed by atoms with E-state index in [1.165, 1.54) is 0 Å². The average molecular weight is 259 g/mol. The highest BCUT2D eigenvalue weighted by molar-refractivity contribution is 6.00. The van der Waals surface area contributed by atoms with Crippen molar-refractivity contribution >= 4 is 11.7 Å². The van der Waals surface area contributed by atoms with Crippen LogP contribution in [0.25, 0.3) is 0 Å². The number of carbonyl (C=O) groups excluding carboxylic acids is 2. The molecule has 2 aliphatic rings. The van der Waals surface area contributed by atoms with Gasteiger partial charge in [-0.2, -0.15) is 0 Å². The third kappa shape index (κ3) is 2.01. The number of ketones is 1. The zero-order valence-electron chi connectivity index (χ0n) is 11.2. The molecule has 1 aromatic rings. The van der Waals surface area contributed by atoms with E-state index in [2.05, 4.69) is 0 Å². The summed E-state index contributed by atoms with van der Waals surface area (Å²) in [4.78, 5) is 25.8. The lowest BCUT2D eigenvalue weighted by Gasteiger charge is -2.30. The minimum absolute atomic E-state index is 0.0643. The molecule has 2 aliphatic heterocycles. The summed E-state index contributed by atoms with van der Waals surface area (Å²) in [5.74, 6) is 0.932. The lowest BCUT2D eigenvalue weighted by molar-refractivity contribution is -0.116. The third-order valence-corrected chi connectivity index (χ3v) is 3.88. The Labute approximate surface area is 112 Å². The van der Waals surface area contributed by atoms with Crippen molar-refractivity contribution in [2.75, 3.05) is 13.2 Å². The van der Waals surface area contributed by atoms with Crippen molar-refractivity contribution in [1.29, 1.82) is 0 Å². The lowest BCUT2D eigenvalue weighted by atomic mass is 10.0. The molecule has 0 aliphatic carbocycles. The highest BCUT2D eigenvalue weighted by Crippen LogP contribution is 2.30. The fourth-order valence-corrected chi connectivity index (χ4v) is 2.85. The summed E-state index contributed by atoms with van der Waals surface area (Å²) < 4.78 is 5.44. The van der Waals surface area contributed by atoms with Gasteiger partial charge in [-0.05, 0) is 37.6 Å². The van der Waals surface area contributed by atoms with Crippen molar-refractivity contribution in [3.63, 3.8) is 0 Å². The predicted octanol–water partition coefficient (Wildman–Crippen LogP) is 1.82. The van der Waals surface area contributed by atoms with Crippen LogP contribution in [0, 0.1) is 0 Å². The van der Waals surface area contributed by atoms with Gasteiger partial charge in [0.15, 0.2) is 5.78 Å². The zero-order chi connectivity index (χ0) is 13.6. The number of carbonyl (C=O) groups is 2. The number of hydrogen-bond acceptors (Lipinski definition) is 3. The molecule has 2 heterocycles. The van der Waals surface area contributed by atoms with Crippen molar-refractivity contribution < 1.29 is 14.3 Å². The first kappa shape index (κ1) is 12.2. The van der Waals surface area contributed by atoms with E-state index in [0.717, 1.165) is 17.7 Å². The van der Waals surface area contributed by atoms with Gasteiger partial charge >= 0.3 is 0 Å². The van der Waals surface area contributed by atoms with E-state index < -0.39 is 0 Å². The first-order valence-electron chi connectivity index (χ1n) is 6.57. The second kappa shape index (κ2) is 4.08. The summed E-state index contributed by atoms with van der Waals surface area (Å²) in [6.45, 7) is 4.78. The number of benzene rings is 1. The summed E-state index contributed by atoms with van der Waals surface area (Å²) in [6, 6.07) is 5.52. The van der Waals surface area contributed by atoms with E-state index in [1.54, 1.807) is 11.0 Å². The van der Waals surface area contributed by atoms with Gasteiger partial charge in [0.1, 0.15) is 5.75 Å². The Morgan fingerprint density at radius 2 is 2.16 bits per heavy atom. The molecule has 1 saturated heterocycles. The maximum absolute atomic E-state index is 12.5. The fraction of sp³-hybridized carbons (Fsp3) is 0.467. The van der Waals surface area contributed by atoms with Crippen LogP contribution >= 0.6 is 0 Å². The Morgan fingerprint density at radius 3 is 2.84 bits per heavy atom. The van der Waals surface area contributed by atoms with Crippen LogP contribution in [0.3, 0.4) is 0 Å². The summed E-state index contributed by atoms with van der Waals surface area (Å²) in [5.41, 5.74) is 1.34. The lowest BCUT2D eigenvalue weighted by Crippen LogP contribution is -2.42. The van der Waals surface area contributed by atoms with Crippen LogP contribution in [0.5, 0.6) is 5.75 Å². The molecule has 4 nitrogen and oxygen atoms in total. The first-order chi connectivity index (χ1) is 8.97. The second-order valence-corrected chi connectivity index (χ2v) is 5.84. The van der Waals surface area contributed by atoms with Crippen molar-refractivity contribution in [2.24, 2.45) is 0 Å². The quantitative estimate of drug-likeness (QED) is 0.772. The van der Waals surface area contributed by atoms with Gasteiger partial charge in [-0.15, -0.1) is 0 Å². The number of Topliss-reactive ketones (excluding diaryl/α,β-unsaturated/α-hetero) is 1. The maximum atomic E-state index is 12.5. The first-order valence-corrected chi connectivity index (χ1v) is 6.57. The number of nitrogens with zero attached hydrogens (tertiary/aromatic N) is 1. The van der Waals surface area contributed by atoms with Gasteiger partial charge in [-0.3, -0.25) is 9.59 Å². The molecule has 0 atom stereocenters. The highest BCUT2D eigenvalue weighted by atomic mass is 16.5. The largest absolute Gasteiger partial charge is 0.493 e. The topological polar surface area (TPSA) is 46.6 Å². The molecule has 19 heavy (non-hydrogen) atoms. The molecule has 4 heteroatoms. The Bertz CT molecular complexity index is 563. The molecular weight excluding hydrogens is 242 g/mol. The van der Waals surface area contributed by atoms with E-state index in [4.69, 9.17) is 4.74 Å². The molecule has 0 aromatic heterocycles. The number of amides is 1. The minimum atomic E-state index is -0.385. The summed E-state index contributed by atoms with van der Waals surface area (Å²) in [7, 11) is 0. The summed E-state index contributed by atoms with van der Waals surface area (Å²) in [6.07, 6.45) is 1.28. The molecule has 0 N–H and O–H groups in total. The van der Waals surface area contributed by atoms with Gasteiger partial charge in [-0.1, -0.05) is 0 Å². The molecule has 0 saturated carbocycles. The van der Waals surface area contributed by atoms with Crippen LogP contribution in [-0.2, 0) is 11.2 Å². The SMILES string of the molecule is CC1(C)CC(=O)CN1C(=O)c1ccc2c(c1)CCO2. The van der Waals surface area contributed by atoms with E-state index in [0.29, 0.717) is 18.6 Å². The van der Waals surface area contributed by atoms with Gasteiger partial charge < -0.3 is 9.64 Å². The number of rotatable bonds is 1. The Hall–Kier alpha value is -1.84. The molecule has 3 rings (SSSR count). The second-order valence-electron chi connectivity index (χ2n) is 5.84. The van der Waals surface area contributed by atoms with Crippen LogP contribution < -0.4 is 4.74 Å². The van der Waals surface area contributed by atoms with Gasteiger partial charge in [0.25, 0.3) is 5.91 Å². The molecule has 100 valence electrons. The third-order valence-electron chi connectivity index (χ3n) is 3.88. The molecule has 0 bridgehead atoms. The fourth-order valence-electron chi connectivity index (χ4n) is 2.85. The molecule has 0 radical (unpaired) electrons. The monoisotopic (exact) mass is 259 g/mol. The van der Waals surface area contributed by atoms with Crippen molar-refractivity contribution in [1.82, 2.24) is 4.90 Å². The number of fused-ring (bicyclic) bond motifs is 1. The smallest absolute Gasteiger partial charge is 0.254 e. The molecule has 0 unspecified atom stereocenters. The van der Waals surface area contributed by atoms with Gasteiger partial charge in [0.05, 0.1) is 13.2 Å². The van der Waals surface area contributed by atoms with E-state index in [1.807, 2.05) is 26.0 Å². The van der Waals surface area contributed by atoms with Crippen LogP contribution in [-0.4, -0.2) is 35.3 Å².